The minimum absolute atomic E-state index is 0.225. The van der Waals surface area contributed by atoms with E-state index >= 15 is 0 Å². The smallest absolute Gasteiger partial charge is 0.324 e. The van der Waals surface area contributed by atoms with Crippen LogP contribution in [0.3, 0.4) is 0 Å². The van der Waals surface area contributed by atoms with Gasteiger partial charge in [0.05, 0.1) is 0 Å². The second-order valence-corrected chi connectivity index (χ2v) is 8.44. The SMILES string of the molecule is C=CN(C(=O)C(c1csc2ccc(Cl)cc12)P(=O)(O)O)c1ccccn1. The highest BCUT2D eigenvalue weighted by molar-refractivity contribution is 7.53. The van der Waals surface area contributed by atoms with Gasteiger partial charge in [-0.3, -0.25) is 14.3 Å². The number of halogens is 1. The molecular formula is C17H14ClN2O4PS. The van der Waals surface area contributed by atoms with Crippen molar-refractivity contribution < 1.29 is 19.1 Å². The van der Waals surface area contributed by atoms with Gasteiger partial charge in [0.1, 0.15) is 5.82 Å². The zero-order valence-electron chi connectivity index (χ0n) is 13.3. The van der Waals surface area contributed by atoms with E-state index in [4.69, 9.17) is 11.6 Å². The van der Waals surface area contributed by atoms with E-state index in [0.717, 1.165) is 9.60 Å². The van der Waals surface area contributed by atoms with Crippen molar-refractivity contribution in [2.24, 2.45) is 0 Å². The van der Waals surface area contributed by atoms with E-state index in [0.29, 0.717) is 10.4 Å². The van der Waals surface area contributed by atoms with Crippen LogP contribution in [0.4, 0.5) is 5.82 Å². The molecule has 2 heterocycles. The predicted molar refractivity (Wildman–Crippen MR) is 104 cm³/mol. The van der Waals surface area contributed by atoms with Crippen molar-refractivity contribution in [1.29, 1.82) is 0 Å². The minimum Gasteiger partial charge on any atom is -0.324 e. The normalized spacial score (nSPS) is 12.7. The van der Waals surface area contributed by atoms with Crippen molar-refractivity contribution in [1.82, 2.24) is 4.98 Å². The number of amides is 1. The van der Waals surface area contributed by atoms with Crippen LogP contribution in [-0.2, 0) is 9.36 Å². The van der Waals surface area contributed by atoms with Gasteiger partial charge in [0.25, 0.3) is 5.91 Å². The summed E-state index contributed by atoms with van der Waals surface area (Å²) in [4.78, 5) is 38.0. The molecule has 9 heteroatoms. The molecule has 0 fully saturated rings. The molecule has 6 nitrogen and oxygen atoms in total. The number of benzene rings is 1. The van der Waals surface area contributed by atoms with Gasteiger partial charge >= 0.3 is 7.60 Å². The molecule has 0 saturated carbocycles. The van der Waals surface area contributed by atoms with Gasteiger partial charge in [-0.15, -0.1) is 11.3 Å². The molecule has 0 spiro atoms. The monoisotopic (exact) mass is 408 g/mol. The Balaban J connectivity index is 2.14. The van der Waals surface area contributed by atoms with E-state index in [1.165, 1.54) is 23.7 Å². The van der Waals surface area contributed by atoms with E-state index in [1.54, 1.807) is 41.8 Å². The number of thiophene rings is 1. The summed E-state index contributed by atoms with van der Waals surface area (Å²) in [5.74, 6) is -0.588. The van der Waals surface area contributed by atoms with Gasteiger partial charge in [-0.05, 0) is 46.7 Å². The maximum atomic E-state index is 13.0. The maximum Gasteiger partial charge on any atom is 0.342 e. The van der Waals surface area contributed by atoms with Crippen LogP contribution in [0, 0.1) is 0 Å². The number of carbonyl (C=O) groups is 1. The first-order chi connectivity index (χ1) is 12.3. The average Bonchev–Trinajstić information content (AvgIpc) is 2.98. The van der Waals surface area contributed by atoms with E-state index < -0.39 is 19.2 Å². The standard InChI is InChI=1S/C17H14ClN2O4PS/c1-2-20(15-5-3-4-8-19-15)17(21)16(25(22,23)24)13-10-26-14-7-6-11(18)9-12(13)14/h2-10,16H,1H2,(H2,22,23,24). The third-order valence-electron chi connectivity index (χ3n) is 3.75. The maximum absolute atomic E-state index is 13.0. The van der Waals surface area contributed by atoms with E-state index in [-0.39, 0.29) is 11.4 Å². The molecule has 0 aliphatic carbocycles. The van der Waals surface area contributed by atoms with Crippen LogP contribution in [0.2, 0.25) is 5.02 Å². The summed E-state index contributed by atoms with van der Waals surface area (Å²) in [6.07, 6.45) is 2.67. The zero-order valence-corrected chi connectivity index (χ0v) is 15.8. The van der Waals surface area contributed by atoms with Crippen LogP contribution in [0.5, 0.6) is 0 Å². The highest BCUT2D eigenvalue weighted by atomic mass is 35.5. The number of hydrogen-bond donors (Lipinski definition) is 2. The number of pyridine rings is 1. The third-order valence-corrected chi connectivity index (χ3v) is 6.13. The molecule has 2 aromatic heterocycles. The first kappa shape index (κ1) is 18.8. The Morgan fingerprint density at radius 1 is 1.35 bits per heavy atom. The lowest BCUT2D eigenvalue weighted by Crippen LogP contribution is -2.31. The van der Waals surface area contributed by atoms with Crippen molar-refractivity contribution in [3.63, 3.8) is 0 Å². The molecular weight excluding hydrogens is 395 g/mol. The minimum atomic E-state index is -4.83. The first-order valence-corrected chi connectivity index (χ1v) is 10.4. The Bertz CT molecular complexity index is 1020. The summed E-state index contributed by atoms with van der Waals surface area (Å²) in [7, 11) is -4.83. The van der Waals surface area contributed by atoms with E-state index in [2.05, 4.69) is 11.6 Å². The third kappa shape index (κ3) is 3.58. The van der Waals surface area contributed by atoms with Gasteiger partial charge in [-0.2, -0.15) is 0 Å². The molecule has 1 amide bonds. The Morgan fingerprint density at radius 2 is 2.12 bits per heavy atom. The van der Waals surface area contributed by atoms with Crippen LogP contribution in [0.25, 0.3) is 10.1 Å². The fourth-order valence-electron chi connectivity index (χ4n) is 2.62. The molecule has 2 N–H and O–H groups in total. The van der Waals surface area contributed by atoms with Crippen LogP contribution in [0.15, 0.2) is 60.8 Å². The average molecular weight is 409 g/mol. The summed E-state index contributed by atoms with van der Waals surface area (Å²) in [5.41, 5.74) is -1.46. The zero-order chi connectivity index (χ0) is 18.9. The Labute approximate surface area is 158 Å². The lowest BCUT2D eigenvalue weighted by molar-refractivity contribution is -0.118. The van der Waals surface area contributed by atoms with Gasteiger partial charge in [0, 0.05) is 22.1 Å². The second kappa shape index (κ2) is 7.31. The summed E-state index contributed by atoms with van der Waals surface area (Å²) in [5, 5.41) is 2.52. The van der Waals surface area contributed by atoms with Gasteiger partial charge < -0.3 is 9.79 Å². The Morgan fingerprint density at radius 3 is 2.73 bits per heavy atom. The lowest BCUT2D eigenvalue weighted by atomic mass is 10.1. The van der Waals surface area contributed by atoms with Gasteiger partial charge in [0.15, 0.2) is 5.66 Å². The van der Waals surface area contributed by atoms with Crippen molar-refractivity contribution in [3.05, 3.63) is 71.3 Å². The Hall–Kier alpha value is -2.02. The Kier molecular flexibility index (Phi) is 5.27. The van der Waals surface area contributed by atoms with Crippen LogP contribution in [0.1, 0.15) is 11.2 Å². The largest absolute Gasteiger partial charge is 0.342 e. The molecule has 3 aromatic rings. The summed E-state index contributed by atoms with van der Waals surface area (Å²) in [6.45, 7) is 3.57. The lowest BCUT2D eigenvalue weighted by Gasteiger charge is -2.24. The molecule has 1 aromatic carbocycles. The second-order valence-electron chi connectivity index (χ2n) is 5.40. The van der Waals surface area contributed by atoms with Crippen LogP contribution in [-0.4, -0.2) is 20.7 Å². The molecule has 3 rings (SSSR count). The fraction of sp³-hybridized carbons (Fsp3) is 0.0588. The van der Waals surface area contributed by atoms with E-state index in [9.17, 15) is 19.1 Å². The topological polar surface area (TPSA) is 90.7 Å². The molecule has 0 aliphatic rings. The molecule has 1 atom stereocenters. The number of fused-ring (bicyclic) bond motifs is 1. The van der Waals surface area contributed by atoms with E-state index in [1.807, 2.05) is 0 Å². The molecule has 0 bridgehead atoms. The van der Waals surface area contributed by atoms with Crippen LogP contribution >= 0.6 is 30.5 Å². The molecule has 26 heavy (non-hydrogen) atoms. The molecule has 0 aliphatic heterocycles. The summed E-state index contributed by atoms with van der Waals surface area (Å²) in [6, 6.07) is 9.92. The highest BCUT2D eigenvalue weighted by Crippen LogP contribution is 2.55. The molecule has 0 saturated heterocycles. The molecule has 134 valence electrons. The predicted octanol–water partition coefficient (Wildman–Crippen LogP) is 4.35. The summed E-state index contributed by atoms with van der Waals surface area (Å²) < 4.78 is 13.0. The number of rotatable bonds is 5. The number of carbonyl (C=O) groups excluding carboxylic acids is 1. The van der Waals surface area contributed by atoms with Crippen molar-refractivity contribution in [3.8, 4) is 0 Å². The van der Waals surface area contributed by atoms with Gasteiger partial charge in [-0.1, -0.05) is 24.2 Å². The fourth-order valence-corrected chi connectivity index (χ4v) is 4.84. The number of aromatic nitrogens is 1. The molecule has 0 radical (unpaired) electrons. The highest BCUT2D eigenvalue weighted by Gasteiger charge is 2.41. The van der Waals surface area contributed by atoms with Gasteiger partial charge in [-0.25, -0.2) is 4.98 Å². The quantitative estimate of drug-likeness (QED) is 0.612. The van der Waals surface area contributed by atoms with Crippen molar-refractivity contribution in [2.45, 2.75) is 5.66 Å². The first-order valence-electron chi connectivity index (χ1n) is 7.41. The number of nitrogens with zero attached hydrogens (tertiary/aromatic N) is 2. The number of hydrogen-bond acceptors (Lipinski definition) is 4. The number of anilines is 1. The van der Waals surface area contributed by atoms with Crippen LogP contribution < -0.4 is 4.90 Å². The van der Waals surface area contributed by atoms with Crippen molar-refractivity contribution in [2.75, 3.05) is 4.90 Å². The van der Waals surface area contributed by atoms with Crippen molar-refractivity contribution >= 4 is 52.3 Å². The van der Waals surface area contributed by atoms with Gasteiger partial charge in [0.2, 0.25) is 0 Å². The summed E-state index contributed by atoms with van der Waals surface area (Å²) >= 11 is 7.31. The molecule has 1 unspecified atom stereocenters.